The van der Waals surface area contributed by atoms with Crippen LogP contribution in [0.15, 0.2) is 133 Å². The van der Waals surface area contributed by atoms with E-state index in [0.29, 0.717) is 5.69 Å². The van der Waals surface area contributed by atoms with Crippen molar-refractivity contribution >= 4 is 76.4 Å². The summed E-state index contributed by atoms with van der Waals surface area (Å²) in [6.07, 6.45) is 8.40. The number of carboxylic acid groups (broad SMARTS) is 1. The van der Waals surface area contributed by atoms with E-state index in [-0.39, 0.29) is 109 Å². The van der Waals surface area contributed by atoms with Crippen molar-refractivity contribution in [3.63, 3.8) is 0 Å². The molecule has 0 spiro atoms. The van der Waals surface area contributed by atoms with Gasteiger partial charge in [-0.25, -0.2) is 16.8 Å². The van der Waals surface area contributed by atoms with Gasteiger partial charge in [0.25, 0.3) is 0 Å². The van der Waals surface area contributed by atoms with Crippen molar-refractivity contribution in [3.05, 3.63) is 149 Å². The number of fused-ring (bicyclic) bond motifs is 6. The van der Waals surface area contributed by atoms with Gasteiger partial charge in [0.05, 0.1) is 31.6 Å². The minimum absolute atomic E-state index is 0. The molecule has 65 heavy (non-hydrogen) atoms. The molecule has 1 amide bonds. The molecule has 0 aliphatic carbocycles. The van der Waals surface area contributed by atoms with Crippen LogP contribution in [0.4, 0.5) is 17.1 Å². The zero-order chi connectivity index (χ0) is 45.3. The number of carbonyl (C=O) groups is 2. The summed E-state index contributed by atoms with van der Waals surface area (Å²) in [5, 5.41) is 18.3. The Morgan fingerprint density at radius 3 is 1.92 bits per heavy atom. The number of hydrogen-bond acceptors (Lipinski definition) is 10. The van der Waals surface area contributed by atoms with E-state index >= 15 is 0 Å². The second-order valence-corrected chi connectivity index (χ2v) is 20.1. The second-order valence-electron chi connectivity index (χ2n) is 17.1. The molecule has 12 nitrogen and oxygen atoms in total. The molecule has 0 saturated carbocycles. The zero-order valence-corrected chi connectivity index (χ0v) is 43.2. The Balaban J connectivity index is 0.00000397. The Labute approximate surface area is 425 Å². The van der Waals surface area contributed by atoms with Crippen molar-refractivity contribution in [1.82, 2.24) is 0 Å². The number of aromatic carboxylic acids is 1. The zero-order valence-electron chi connectivity index (χ0n) is 37.6. The molecule has 0 unspecified atom stereocenters. The van der Waals surface area contributed by atoms with Crippen molar-refractivity contribution in [2.75, 3.05) is 34.8 Å². The number of nitrogens with one attached hydrogen (secondary N) is 1. The summed E-state index contributed by atoms with van der Waals surface area (Å²) in [7, 11) is -8.91. The van der Waals surface area contributed by atoms with E-state index in [1.807, 2.05) is 85.0 Å². The third-order valence-electron chi connectivity index (χ3n) is 12.0. The molecular weight excluding hydrogens is 885 g/mol. The Morgan fingerprint density at radius 2 is 1.31 bits per heavy atom. The molecule has 2 aliphatic rings. The number of carbonyl (C=O) groups excluding carboxylic acids is 2. The van der Waals surface area contributed by atoms with Gasteiger partial charge in [-0.2, -0.15) is 4.58 Å². The first-order valence-corrected chi connectivity index (χ1v) is 23.9. The van der Waals surface area contributed by atoms with Gasteiger partial charge < -0.3 is 29.2 Å². The van der Waals surface area contributed by atoms with Gasteiger partial charge in [0.1, 0.15) is 6.54 Å². The van der Waals surface area contributed by atoms with Crippen LogP contribution in [0.25, 0.3) is 21.5 Å². The second kappa shape index (κ2) is 20.9. The average molecular weight is 934 g/mol. The predicted molar refractivity (Wildman–Crippen MR) is 243 cm³/mol. The van der Waals surface area contributed by atoms with Crippen molar-refractivity contribution in [2.24, 2.45) is 0 Å². The number of benzene rings is 5. The van der Waals surface area contributed by atoms with E-state index in [1.54, 1.807) is 0 Å². The van der Waals surface area contributed by atoms with Crippen LogP contribution in [-0.4, -0.2) is 72.7 Å². The molecule has 2 aliphatic heterocycles. The fraction of sp³-hybridized carbons (Fsp3) is 0.286. The van der Waals surface area contributed by atoms with Crippen LogP contribution < -0.4 is 74.4 Å². The third kappa shape index (κ3) is 11.8. The summed E-state index contributed by atoms with van der Waals surface area (Å²) in [6.45, 7) is 8.97. The summed E-state index contributed by atoms with van der Waals surface area (Å²) in [4.78, 5) is 26.8. The number of anilines is 2. The Kier molecular flexibility index (Phi) is 16.8. The van der Waals surface area contributed by atoms with Gasteiger partial charge in [-0.3, -0.25) is 4.79 Å². The van der Waals surface area contributed by atoms with E-state index in [2.05, 4.69) is 54.6 Å². The molecule has 1 N–H and O–H groups in total. The fourth-order valence-electron chi connectivity index (χ4n) is 9.12. The molecule has 5 aromatic rings. The standard InChI is InChI=1S/C49H51N3O9S2.2Na/c1-48(2)42(51(29-9-31-62(56,57)58)40-24-20-34-11-5-7-13-38(34)45(40)48)26-15-33(17-28-44(53)50-37-22-18-36(19-23-37)47(54)55)16-27-43-49(3,4)46-39-14-8-6-12-35(39)21-25-41(46)52(43)30-10-32-63(59,60)61;;/h5-8,11-16,18-27H,9-10,17,28-32H2,1-4H3,(H3-,50,53,54,55,56,57,58,59,60,61);;/q;2*+1/p-2. The molecule has 0 aromatic heterocycles. The quantitative estimate of drug-likeness (QED) is 0.0652. The van der Waals surface area contributed by atoms with Crippen LogP contribution in [0.1, 0.15) is 74.9 Å². The third-order valence-corrected chi connectivity index (χ3v) is 13.6. The number of nitrogens with zero attached hydrogens (tertiary/aromatic N) is 2. The minimum Gasteiger partial charge on any atom is -0.748 e. The number of carboxylic acids is 1. The summed E-state index contributed by atoms with van der Waals surface area (Å²) in [5.74, 6) is -2.67. The van der Waals surface area contributed by atoms with Crippen molar-refractivity contribution in [3.8, 4) is 0 Å². The molecule has 0 bridgehead atoms. The van der Waals surface area contributed by atoms with E-state index in [1.165, 1.54) is 24.3 Å². The first-order chi connectivity index (χ1) is 29.7. The van der Waals surface area contributed by atoms with Crippen LogP contribution in [0.3, 0.4) is 0 Å². The molecule has 0 saturated heterocycles. The molecule has 0 fully saturated rings. The molecular formula is C49H49N3Na2O9S2. The van der Waals surface area contributed by atoms with Crippen LogP contribution in [0.5, 0.6) is 0 Å². The van der Waals surface area contributed by atoms with Gasteiger partial charge in [0, 0.05) is 71.1 Å². The Hall–Kier alpha value is -3.93. The van der Waals surface area contributed by atoms with Crippen LogP contribution in [0, 0.1) is 0 Å². The van der Waals surface area contributed by atoms with Gasteiger partial charge in [0.2, 0.25) is 11.6 Å². The van der Waals surface area contributed by atoms with Gasteiger partial charge in [-0.1, -0.05) is 92.7 Å². The molecule has 2 heterocycles. The average Bonchev–Trinajstić information content (AvgIpc) is 3.57. The molecule has 328 valence electrons. The number of allylic oxidation sites excluding steroid dienone is 6. The summed E-state index contributed by atoms with van der Waals surface area (Å²) in [5.41, 5.74) is 5.70. The van der Waals surface area contributed by atoms with Gasteiger partial charge in [-0.05, 0) is 95.3 Å². The largest absolute Gasteiger partial charge is 1.00 e. The SMILES string of the molecule is CC1(C)C(/C=C/C(=C/C=C2/N(CCCS(=O)(=O)[O-])c3ccc4ccccc4c3C2(C)C)CCC(=O)Nc2ccc(C(=O)[O-])cc2)=[N+](CCCS(=O)(=O)[O-])c2ccc3ccccc3c21.[Na+].[Na+]. The van der Waals surface area contributed by atoms with Gasteiger partial charge in [-0.15, -0.1) is 0 Å². The Bertz CT molecular complexity index is 3000. The monoisotopic (exact) mass is 933 g/mol. The molecule has 0 atom stereocenters. The van der Waals surface area contributed by atoms with Crippen molar-refractivity contribution < 1.29 is 104 Å². The van der Waals surface area contributed by atoms with Crippen LogP contribution in [-0.2, 0) is 35.9 Å². The maximum atomic E-state index is 13.4. The number of rotatable bonds is 16. The van der Waals surface area contributed by atoms with Crippen molar-refractivity contribution in [2.45, 2.75) is 64.2 Å². The molecule has 16 heteroatoms. The maximum absolute atomic E-state index is 13.4. The topological polar surface area (TPSA) is 190 Å². The number of amides is 1. The van der Waals surface area contributed by atoms with E-state index in [0.717, 1.165) is 61.0 Å². The van der Waals surface area contributed by atoms with Crippen LogP contribution >= 0.6 is 0 Å². The van der Waals surface area contributed by atoms with Crippen molar-refractivity contribution in [1.29, 1.82) is 0 Å². The summed E-state index contributed by atoms with van der Waals surface area (Å²) >= 11 is 0. The normalized spacial score (nSPS) is 16.1. The van der Waals surface area contributed by atoms with E-state index in [4.69, 9.17) is 0 Å². The maximum Gasteiger partial charge on any atom is 1.00 e. The summed E-state index contributed by atoms with van der Waals surface area (Å²) in [6, 6.07) is 29.9. The van der Waals surface area contributed by atoms with E-state index in [9.17, 15) is 40.6 Å². The fourth-order valence-corrected chi connectivity index (χ4v) is 10.1. The molecule has 5 aromatic carbocycles. The Morgan fingerprint density at radius 1 is 0.723 bits per heavy atom. The van der Waals surface area contributed by atoms with Gasteiger partial charge >= 0.3 is 59.1 Å². The first kappa shape index (κ1) is 52.0. The molecule has 7 rings (SSSR count). The molecule has 0 radical (unpaired) electrons. The van der Waals surface area contributed by atoms with Gasteiger partial charge in [0.15, 0.2) is 5.71 Å². The van der Waals surface area contributed by atoms with Crippen LogP contribution in [0.2, 0.25) is 0 Å². The first-order valence-electron chi connectivity index (χ1n) is 20.8. The number of hydrogen-bond donors (Lipinski definition) is 1. The predicted octanol–water partition coefficient (Wildman–Crippen LogP) is 1.19. The van der Waals surface area contributed by atoms with E-state index < -0.39 is 48.5 Å². The smallest absolute Gasteiger partial charge is 0.748 e. The minimum atomic E-state index is -4.45. The summed E-state index contributed by atoms with van der Waals surface area (Å²) < 4.78 is 72.3.